The highest BCUT2D eigenvalue weighted by Gasteiger charge is 2.06. The maximum atomic E-state index is 9.91. The number of ether oxygens (including phenoxy) is 1. The lowest BCUT2D eigenvalue weighted by Gasteiger charge is -1.80. The minimum atomic E-state index is -0.296. The van der Waals surface area contributed by atoms with Crippen LogP contribution in [-0.4, -0.2) is 19.2 Å². The summed E-state index contributed by atoms with van der Waals surface area (Å²) in [7, 11) is 0. The predicted molar refractivity (Wildman–Crippen MR) is 49.9 cm³/mol. The second-order valence-corrected chi connectivity index (χ2v) is 2.33. The summed E-state index contributed by atoms with van der Waals surface area (Å²) in [5, 5.41) is 5.38. The normalized spacial score (nSPS) is 17.7. The van der Waals surface area contributed by atoms with Crippen LogP contribution in [0.1, 0.15) is 0 Å². The molecule has 0 saturated carbocycles. The predicted octanol–water partition coefficient (Wildman–Crippen LogP) is 0.899. The fraction of sp³-hybridized carbons (Fsp3) is 0.222. The van der Waals surface area contributed by atoms with Crippen molar-refractivity contribution in [3.05, 3.63) is 36.7 Å². The van der Waals surface area contributed by atoms with Gasteiger partial charge in [-0.2, -0.15) is 0 Å². The molecule has 0 aliphatic carbocycles. The third-order valence-electron chi connectivity index (χ3n) is 1.32. The van der Waals surface area contributed by atoms with E-state index in [0.29, 0.717) is 13.2 Å². The summed E-state index contributed by atoms with van der Waals surface area (Å²) >= 11 is 0. The van der Waals surface area contributed by atoms with Crippen LogP contribution in [0.15, 0.2) is 36.7 Å². The van der Waals surface area contributed by atoms with Crippen molar-refractivity contribution >= 4 is 6.09 Å². The van der Waals surface area contributed by atoms with Crippen LogP contribution in [0.5, 0.6) is 0 Å². The Balaban J connectivity index is 0.000000132. The van der Waals surface area contributed by atoms with Gasteiger partial charge < -0.3 is 15.4 Å². The van der Waals surface area contributed by atoms with Gasteiger partial charge in [0.25, 0.3) is 0 Å². The van der Waals surface area contributed by atoms with E-state index in [0.717, 1.165) is 0 Å². The third-order valence-corrected chi connectivity index (χ3v) is 1.32. The molecule has 4 nitrogen and oxygen atoms in total. The molecule has 0 radical (unpaired) electrons. The first-order valence-corrected chi connectivity index (χ1v) is 4.04. The summed E-state index contributed by atoms with van der Waals surface area (Å²) in [5.74, 6) is 0. The lowest BCUT2D eigenvalue weighted by molar-refractivity contribution is 0.178. The molecule has 2 aliphatic heterocycles. The van der Waals surface area contributed by atoms with Gasteiger partial charge in [-0.25, -0.2) is 4.79 Å². The van der Waals surface area contributed by atoms with E-state index in [2.05, 4.69) is 15.4 Å². The zero-order chi connectivity index (χ0) is 9.36. The molecular weight excluding hydrogens is 168 g/mol. The molecule has 70 valence electrons. The first-order valence-electron chi connectivity index (χ1n) is 4.04. The molecule has 1 amide bonds. The van der Waals surface area contributed by atoms with E-state index >= 15 is 0 Å². The van der Waals surface area contributed by atoms with E-state index in [1.807, 2.05) is 36.7 Å². The van der Waals surface area contributed by atoms with Crippen molar-refractivity contribution in [1.82, 2.24) is 10.6 Å². The number of hydrogen-bond donors (Lipinski definition) is 2. The van der Waals surface area contributed by atoms with Gasteiger partial charge in [-0.3, -0.25) is 0 Å². The van der Waals surface area contributed by atoms with Gasteiger partial charge >= 0.3 is 6.09 Å². The van der Waals surface area contributed by atoms with E-state index in [1.165, 1.54) is 0 Å². The highest BCUT2D eigenvalue weighted by Crippen LogP contribution is 1.82. The summed E-state index contributed by atoms with van der Waals surface area (Å²) in [6.07, 6.45) is 11.3. The summed E-state index contributed by atoms with van der Waals surface area (Å²) in [6, 6.07) is 0. The van der Waals surface area contributed by atoms with Crippen molar-refractivity contribution in [3.8, 4) is 0 Å². The van der Waals surface area contributed by atoms with Gasteiger partial charge in [-0.15, -0.1) is 0 Å². The molecule has 1 saturated heterocycles. The average molecular weight is 180 g/mol. The van der Waals surface area contributed by atoms with Crippen LogP contribution in [-0.2, 0) is 4.74 Å². The molecule has 0 unspecified atom stereocenters. The smallest absolute Gasteiger partial charge is 0.407 e. The molecule has 13 heavy (non-hydrogen) atoms. The van der Waals surface area contributed by atoms with Gasteiger partial charge in [-0.05, 0) is 12.2 Å². The molecule has 1 fully saturated rings. The van der Waals surface area contributed by atoms with E-state index in [9.17, 15) is 4.79 Å². The highest BCUT2D eigenvalue weighted by atomic mass is 16.6. The zero-order valence-corrected chi connectivity index (χ0v) is 7.19. The zero-order valence-electron chi connectivity index (χ0n) is 7.19. The van der Waals surface area contributed by atoms with Crippen LogP contribution < -0.4 is 10.6 Å². The Morgan fingerprint density at radius 1 is 1.15 bits per heavy atom. The fourth-order valence-corrected chi connectivity index (χ4v) is 0.754. The van der Waals surface area contributed by atoms with Crippen LogP contribution in [0.4, 0.5) is 4.79 Å². The van der Waals surface area contributed by atoms with Crippen molar-refractivity contribution in [2.45, 2.75) is 0 Å². The molecule has 0 spiro atoms. The number of carbonyl (C=O) groups is 1. The van der Waals surface area contributed by atoms with Crippen molar-refractivity contribution < 1.29 is 9.53 Å². The fourth-order valence-electron chi connectivity index (χ4n) is 0.754. The molecular formula is C9H12N2O2. The molecule has 0 bridgehead atoms. The number of amides is 1. The van der Waals surface area contributed by atoms with E-state index in [1.54, 1.807) is 0 Å². The minimum Gasteiger partial charge on any atom is -0.448 e. The lowest BCUT2D eigenvalue weighted by Crippen LogP contribution is -2.11. The molecule has 2 rings (SSSR count). The van der Waals surface area contributed by atoms with E-state index < -0.39 is 0 Å². The van der Waals surface area contributed by atoms with Gasteiger partial charge in [0, 0.05) is 12.4 Å². The first-order chi connectivity index (χ1) is 6.39. The van der Waals surface area contributed by atoms with Crippen LogP contribution in [0.3, 0.4) is 0 Å². The topological polar surface area (TPSA) is 50.4 Å². The largest absolute Gasteiger partial charge is 0.448 e. The van der Waals surface area contributed by atoms with Crippen LogP contribution in [0.25, 0.3) is 0 Å². The van der Waals surface area contributed by atoms with Gasteiger partial charge in [0.2, 0.25) is 0 Å². The quantitative estimate of drug-likeness (QED) is 0.582. The minimum absolute atomic E-state index is 0.296. The van der Waals surface area contributed by atoms with Crippen molar-refractivity contribution in [2.75, 3.05) is 13.2 Å². The SMILES string of the molecule is C1=CC=CNC=C1.O=C1NCCO1. The number of carbonyl (C=O) groups excluding carboxylic acids is 1. The Morgan fingerprint density at radius 3 is 2.23 bits per heavy atom. The number of nitrogens with one attached hydrogen (secondary N) is 2. The Bertz CT molecular complexity index is 222. The maximum Gasteiger partial charge on any atom is 0.407 e. The molecule has 0 atom stereocenters. The Morgan fingerprint density at radius 2 is 1.85 bits per heavy atom. The van der Waals surface area contributed by atoms with Gasteiger partial charge in [0.05, 0.1) is 6.54 Å². The van der Waals surface area contributed by atoms with Crippen molar-refractivity contribution in [1.29, 1.82) is 0 Å². The van der Waals surface area contributed by atoms with E-state index in [-0.39, 0.29) is 6.09 Å². The number of hydrogen-bond acceptors (Lipinski definition) is 3. The Labute approximate surface area is 77.0 Å². The second-order valence-electron chi connectivity index (χ2n) is 2.33. The summed E-state index contributed by atoms with van der Waals surface area (Å²) in [6.45, 7) is 1.19. The van der Waals surface area contributed by atoms with Crippen molar-refractivity contribution in [3.63, 3.8) is 0 Å². The lowest BCUT2D eigenvalue weighted by atomic mass is 10.5. The molecule has 0 aromatic rings. The Hall–Kier alpha value is -1.71. The van der Waals surface area contributed by atoms with Crippen LogP contribution in [0.2, 0.25) is 0 Å². The van der Waals surface area contributed by atoms with Crippen LogP contribution >= 0.6 is 0 Å². The standard InChI is InChI=1S/C6H7N.C3H5NO2/c1-2-4-6-7-5-3-1;5-3-4-1-2-6-3/h1-7H;1-2H2,(H,4,5). The number of rotatable bonds is 0. The molecule has 0 aromatic carbocycles. The first kappa shape index (κ1) is 9.38. The molecule has 4 heteroatoms. The summed E-state index contributed by atoms with van der Waals surface area (Å²) in [4.78, 5) is 9.91. The van der Waals surface area contributed by atoms with Gasteiger partial charge in [-0.1, -0.05) is 12.2 Å². The monoisotopic (exact) mass is 180 g/mol. The Kier molecular flexibility index (Phi) is 4.24. The molecule has 0 aromatic heterocycles. The highest BCUT2D eigenvalue weighted by molar-refractivity contribution is 5.68. The number of alkyl carbamates (subject to hydrolysis) is 1. The molecule has 2 aliphatic rings. The molecule has 2 heterocycles. The second kappa shape index (κ2) is 5.88. The number of allylic oxidation sites excluding steroid dienone is 4. The third kappa shape index (κ3) is 4.68. The van der Waals surface area contributed by atoms with Gasteiger partial charge in [0.1, 0.15) is 6.61 Å². The van der Waals surface area contributed by atoms with Crippen LogP contribution in [0, 0.1) is 0 Å². The van der Waals surface area contributed by atoms with E-state index in [4.69, 9.17) is 0 Å². The van der Waals surface area contributed by atoms with Crippen molar-refractivity contribution in [2.24, 2.45) is 0 Å². The average Bonchev–Trinajstić information content (AvgIpc) is 2.48. The summed E-state index contributed by atoms with van der Waals surface area (Å²) in [5.41, 5.74) is 0. The number of cyclic esters (lactones) is 1. The maximum absolute atomic E-state index is 9.91. The summed E-state index contributed by atoms with van der Waals surface area (Å²) < 4.78 is 4.40. The molecule has 2 N–H and O–H groups in total. The van der Waals surface area contributed by atoms with Gasteiger partial charge in [0.15, 0.2) is 0 Å².